The number of halogens is 1. The summed E-state index contributed by atoms with van der Waals surface area (Å²) >= 11 is 5.81. The van der Waals surface area contributed by atoms with Crippen molar-refractivity contribution in [1.82, 2.24) is 0 Å². The van der Waals surface area contributed by atoms with Crippen LogP contribution < -0.4 is 4.90 Å². The lowest BCUT2D eigenvalue weighted by Crippen LogP contribution is -2.37. The van der Waals surface area contributed by atoms with Gasteiger partial charge in [0.05, 0.1) is 21.7 Å². The third-order valence-corrected chi connectivity index (χ3v) is 4.50. The Hall–Kier alpha value is -1.88. The molecule has 0 radical (unpaired) electrons. The lowest BCUT2D eigenvalue weighted by Gasteiger charge is -2.26. The highest BCUT2D eigenvalue weighted by Gasteiger charge is 2.50. The molecule has 1 N–H and O–H groups in total. The maximum atomic E-state index is 12.6. The molecule has 0 aromatic heterocycles. The summed E-state index contributed by atoms with van der Waals surface area (Å²) in [5.41, 5.74) is -0.649. The fraction of sp³-hybridized carbons (Fsp3) is 0.400. The number of carboxylic acids is 1. The van der Waals surface area contributed by atoms with E-state index in [9.17, 15) is 14.4 Å². The summed E-state index contributed by atoms with van der Waals surface area (Å²) in [6.45, 7) is 5.53. The van der Waals surface area contributed by atoms with Gasteiger partial charge in [-0.1, -0.05) is 25.4 Å². The molecule has 2 rings (SSSR count). The predicted molar refractivity (Wildman–Crippen MR) is 78.5 cm³/mol. The second-order valence-corrected chi connectivity index (χ2v) is 6.16. The first-order valence-electron chi connectivity index (χ1n) is 6.58. The first kappa shape index (κ1) is 15.5. The van der Waals surface area contributed by atoms with Crippen LogP contribution in [0.1, 0.15) is 37.6 Å². The summed E-state index contributed by atoms with van der Waals surface area (Å²) < 4.78 is 0. The van der Waals surface area contributed by atoms with Crippen molar-refractivity contribution >= 4 is 35.1 Å². The van der Waals surface area contributed by atoms with Gasteiger partial charge in [-0.05, 0) is 31.0 Å². The van der Waals surface area contributed by atoms with E-state index in [0.717, 1.165) is 4.90 Å². The Kier molecular flexibility index (Phi) is 3.80. The molecule has 5 nitrogen and oxygen atoms in total. The molecule has 1 aromatic rings. The van der Waals surface area contributed by atoms with E-state index in [4.69, 9.17) is 16.7 Å². The number of carboxylic acid groups (broad SMARTS) is 1. The van der Waals surface area contributed by atoms with Gasteiger partial charge in [-0.3, -0.25) is 14.5 Å². The molecule has 1 atom stereocenters. The van der Waals surface area contributed by atoms with E-state index in [1.54, 1.807) is 6.92 Å². The number of carbonyl (C=O) groups excluding carboxylic acids is 2. The smallest absolute Gasteiger partial charge is 0.337 e. The van der Waals surface area contributed by atoms with Crippen LogP contribution in [0.25, 0.3) is 0 Å². The Balaban J connectivity index is 2.48. The zero-order valence-corrected chi connectivity index (χ0v) is 12.8. The van der Waals surface area contributed by atoms with Crippen molar-refractivity contribution in [2.24, 2.45) is 11.3 Å². The molecule has 21 heavy (non-hydrogen) atoms. The molecule has 1 saturated heterocycles. The molecule has 1 heterocycles. The maximum absolute atomic E-state index is 12.6. The maximum Gasteiger partial charge on any atom is 0.337 e. The zero-order chi connectivity index (χ0) is 15.9. The zero-order valence-electron chi connectivity index (χ0n) is 12.0. The number of benzene rings is 1. The van der Waals surface area contributed by atoms with E-state index >= 15 is 0 Å². The second kappa shape index (κ2) is 5.15. The Morgan fingerprint density at radius 1 is 1.38 bits per heavy atom. The van der Waals surface area contributed by atoms with Crippen LogP contribution in [0.3, 0.4) is 0 Å². The molecule has 2 amide bonds. The van der Waals surface area contributed by atoms with Crippen LogP contribution in [0.2, 0.25) is 5.02 Å². The third-order valence-electron chi connectivity index (χ3n) is 4.17. The van der Waals surface area contributed by atoms with Crippen molar-refractivity contribution in [1.29, 1.82) is 0 Å². The lowest BCUT2D eigenvalue weighted by molar-refractivity contribution is -0.126. The summed E-state index contributed by atoms with van der Waals surface area (Å²) in [5.74, 6) is -1.83. The molecule has 0 aliphatic carbocycles. The third kappa shape index (κ3) is 2.42. The van der Waals surface area contributed by atoms with Crippen LogP contribution in [0.4, 0.5) is 5.69 Å². The van der Waals surface area contributed by atoms with Crippen LogP contribution in [-0.4, -0.2) is 22.9 Å². The van der Waals surface area contributed by atoms with Crippen molar-refractivity contribution in [2.45, 2.75) is 27.2 Å². The molecule has 0 bridgehead atoms. The SMILES string of the molecule is CC(C)C1(C)CC(=O)N(c2ccc(Cl)c(C(=O)O)c2)C1=O. The topological polar surface area (TPSA) is 74.7 Å². The molecule has 1 fully saturated rings. The van der Waals surface area contributed by atoms with Gasteiger partial charge in [-0.15, -0.1) is 0 Å². The van der Waals surface area contributed by atoms with Crippen molar-refractivity contribution < 1.29 is 19.5 Å². The molecule has 0 spiro atoms. The van der Waals surface area contributed by atoms with Gasteiger partial charge >= 0.3 is 5.97 Å². The van der Waals surface area contributed by atoms with E-state index in [0.29, 0.717) is 0 Å². The van der Waals surface area contributed by atoms with Gasteiger partial charge in [0, 0.05) is 6.42 Å². The molecule has 1 aliphatic heterocycles. The standard InChI is InChI=1S/C15H16ClNO4/c1-8(2)15(3)7-12(18)17(14(15)21)9-4-5-11(16)10(6-9)13(19)20/h4-6,8H,7H2,1-3H3,(H,19,20). The Labute approximate surface area is 127 Å². The first-order chi connectivity index (χ1) is 9.68. The number of rotatable bonds is 3. The van der Waals surface area contributed by atoms with Crippen LogP contribution in [-0.2, 0) is 9.59 Å². The van der Waals surface area contributed by atoms with Crippen molar-refractivity contribution in [3.63, 3.8) is 0 Å². The van der Waals surface area contributed by atoms with Crippen LogP contribution in [0, 0.1) is 11.3 Å². The minimum atomic E-state index is -1.20. The van der Waals surface area contributed by atoms with Gasteiger partial charge < -0.3 is 5.11 Å². The minimum absolute atomic E-state index is 0.00481. The molecule has 1 aliphatic rings. The van der Waals surface area contributed by atoms with Crippen molar-refractivity contribution in [3.05, 3.63) is 28.8 Å². The number of nitrogens with zero attached hydrogens (tertiary/aromatic N) is 1. The van der Waals surface area contributed by atoms with Crippen molar-refractivity contribution in [3.8, 4) is 0 Å². The summed E-state index contributed by atoms with van der Waals surface area (Å²) in [7, 11) is 0. The molecule has 0 saturated carbocycles. The summed E-state index contributed by atoms with van der Waals surface area (Å²) in [6.07, 6.45) is 0.120. The van der Waals surface area contributed by atoms with E-state index in [1.165, 1.54) is 18.2 Å². The highest BCUT2D eigenvalue weighted by atomic mass is 35.5. The van der Waals surface area contributed by atoms with Crippen molar-refractivity contribution in [2.75, 3.05) is 4.90 Å². The molecule has 6 heteroatoms. The normalized spacial score (nSPS) is 22.2. The van der Waals surface area contributed by atoms with Gasteiger partial charge in [0.25, 0.3) is 0 Å². The Morgan fingerprint density at radius 3 is 2.48 bits per heavy atom. The summed E-state index contributed by atoms with van der Waals surface area (Å²) in [5, 5.41) is 9.15. The van der Waals surface area contributed by atoms with E-state index in [-0.39, 0.29) is 40.4 Å². The number of hydrogen-bond acceptors (Lipinski definition) is 3. The quantitative estimate of drug-likeness (QED) is 0.871. The largest absolute Gasteiger partial charge is 0.478 e. The molecule has 112 valence electrons. The van der Waals surface area contributed by atoms with Crippen LogP contribution in [0.5, 0.6) is 0 Å². The average molecular weight is 310 g/mol. The Morgan fingerprint density at radius 2 is 2.00 bits per heavy atom. The van der Waals surface area contributed by atoms with Crippen LogP contribution >= 0.6 is 11.6 Å². The van der Waals surface area contributed by atoms with Gasteiger partial charge in [-0.2, -0.15) is 0 Å². The number of carbonyl (C=O) groups is 3. The van der Waals surface area contributed by atoms with Gasteiger partial charge in [0.15, 0.2) is 0 Å². The second-order valence-electron chi connectivity index (χ2n) is 5.75. The number of amides is 2. The lowest BCUT2D eigenvalue weighted by atomic mass is 9.78. The number of imide groups is 1. The van der Waals surface area contributed by atoms with Gasteiger partial charge in [-0.25, -0.2) is 4.79 Å². The molecular weight excluding hydrogens is 294 g/mol. The van der Waals surface area contributed by atoms with E-state index in [2.05, 4.69) is 0 Å². The van der Waals surface area contributed by atoms with E-state index < -0.39 is 11.4 Å². The summed E-state index contributed by atoms with van der Waals surface area (Å²) in [4.78, 5) is 36.9. The monoisotopic (exact) mass is 309 g/mol. The predicted octanol–water partition coefficient (Wildman–Crippen LogP) is 2.96. The number of aromatic carboxylic acids is 1. The highest BCUT2D eigenvalue weighted by molar-refractivity contribution is 6.34. The molecule has 1 aromatic carbocycles. The fourth-order valence-electron chi connectivity index (χ4n) is 2.37. The molecular formula is C15H16ClNO4. The van der Waals surface area contributed by atoms with Gasteiger partial charge in [0.1, 0.15) is 0 Å². The number of hydrogen-bond donors (Lipinski definition) is 1. The van der Waals surface area contributed by atoms with Gasteiger partial charge in [0.2, 0.25) is 11.8 Å². The Bertz CT molecular complexity index is 641. The van der Waals surface area contributed by atoms with E-state index in [1.807, 2.05) is 13.8 Å². The highest BCUT2D eigenvalue weighted by Crippen LogP contribution is 2.41. The minimum Gasteiger partial charge on any atom is -0.478 e. The summed E-state index contributed by atoms with van der Waals surface area (Å²) in [6, 6.07) is 4.12. The first-order valence-corrected chi connectivity index (χ1v) is 6.96. The number of anilines is 1. The molecule has 1 unspecified atom stereocenters. The average Bonchev–Trinajstić information content (AvgIpc) is 2.62. The fourth-order valence-corrected chi connectivity index (χ4v) is 2.56. The van der Waals surface area contributed by atoms with Crippen LogP contribution in [0.15, 0.2) is 18.2 Å².